The molecule has 0 bridgehead atoms. The van der Waals surface area contributed by atoms with E-state index in [1.54, 1.807) is 0 Å². The molecule has 13 heteroatoms. The van der Waals surface area contributed by atoms with Crippen LogP contribution in [0.25, 0.3) is 0 Å². The highest BCUT2D eigenvalue weighted by Crippen LogP contribution is 2.49. The minimum atomic E-state index is -4.19. The number of hydrogen-bond donors (Lipinski definition) is 1. The van der Waals surface area contributed by atoms with Crippen LogP contribution in [0.1, 0.15) is 24.2 Å². The molecular weight excluding hydrogens is 393 g/mol. The van der Waals surface area contributed by atoms with Gasteiger partial charge in [0.15, 0.2) is 0 Å². The molecule has 0 radical (unpaired) electrons. The number of rotatable bonds is 9. The largest absolute Gasteiger partial charge is 0.388 e. The Balaban J connectivity index is 3.14. The SMILES string of the molecule is CCOP(=O)(OCC)/C(=N\OC(=O)c1ccc([N+](=O)[O-])cc1Cl)C(N)=O. The van der Waals surface area contributed by atoms with Gasteiger partial charge in [-0.1, -0.05) is 16.8 Å². The zero-order valence-electron chi connectivity index (χ0n) is 13.7. The summed E-state index contributed by atoms with van der Waals surface area (Å²) in [4.78, 5) is 38.0. The maximum absolute atomic E-state index is 12.5. The number of halogens is 1. The zero-order chi connectivity index (χ0) is 19.9. The molecule has 0 atom stereocenters. The van der Waals surface area contributed by atoms with Crippen molar-refractivity contribution < 1.29 is 33.0 Å². The molecule has 0 aromatic heterocycles. The number of nitro benzene ring substituents is 1. The zero-order valence-corrected chi connectivity index (χ0v) is 15.4. The summed E-state index contributed by atoms with van der Waals surface area (Å²) in [7, 11) is -4.19. The lowest BCUT2D eigenvalue weighted by Gasteiger charge is -2.16. The van der Waals surface area contributed by atoms with Gasteiger partial charge in [-0.05, 0) is 19.9 Å². The highest BCUT2D eigenvalue weighted by atomic mass is 35.5. The number of non-ortho nitro benzene ring substituents is 1. The maximum Gasteiger partial charge on any atom is 0.388 e. The van der Waals surface area contributed by atoms with Crippen molar-refractivity contribution in [1.82, 2.24) is 0 Å². The van der Waals surface area contributed by atoms with E-state index in [0.29, 0.717) is 0 Å². The van der Waals surface area contributed by atoms with Crippen LogP contribution in [-0.4, -0.2) is 35.5 Å². The standard InChI is InChI=1S/C13H15ClN3O8P/c1-3-23-26(22,24-4-2)12(11(15)18)16-25-13(19)9-6-5-8(17(20)21)7-10(9)14/h5-7H,3-4H2,1-2H3,(H2,15,18)/b16-12-. The quantitative estimate of drug-likeness (QED) is 0.214. The van der Waals surface area contributed by atoms with Crippen molar-refractivity contribution in [2.24, 2.45) is 10.9 Å². The van der Waals surface area contributed by atoms with Gasteiger partial charge in [0.05, 0.1) is 28.7 Å². The molecule has 1 aromatic carbocycles. The summed E-state index contributed by atoms with van der Waals surface area (Å²) >= 11 is 5.79. The first kappa shape index (κ1) is 21.7. The van der Waals surface area contributed by atoms with Crippen molar-refractivity contribution in [3.63, 3.8) is 0 Å². The van der Waals surface area contributed by atoms with Crippen LogP contribution in [0.3, 0.4) is 0 Å². The lowest BCUT2D eigenvalue weighted by molar-refractivity contribution is -0.384. The molecule has 0 aliphatic rings. The van der Waals surface area contributed by atoms with Crippen molar-refractivity contribution in [2.75, 3.05) is 13.2 Å². The normalized spacial score (nSPS) is 11.9. The molecule has 0 saturated heterocycles. The third-order valence-corrected chi connectivity index (χ3v) is 5.01. The smallest absolute Gasteiger partial charge is 0.364 e. The molecule has 11 nitrogen and oxygen atoms in total. The van der Waals surface area contributed by atoms with Gasteiger partial charge in [-0.15, -0.1) is 0 Å². The molecule has 142 valence electrons. The van der Waals surface area contributed by atoms with E-state index in [1.807, 2.05) is 0 Å². The maximum atomic E-state index is 12.5. The summed E-state index contributed by atoms with van der Waals surface area (Å²) in [5.41, 5.74) is 3.57. The summed E-state index contributed by atoms with van der Waals surface area (Å²) < 4.78 is 22.3. The Bertz CT molecular complexity index is 788. The fourth-order valence-corrected chi connectivity index (χ4v) is 3.31. The average molecular weight is 408 g/mol. The van der Waals surface area contributed by atoms with Crippen LogP contribution in [-0.2, 0) is 23.2 Å². The molecule has 0 spiro atoms. The molecular formula is C13H15ClN3O8P. The van der Waals surface area contributed by atoms with Crippen LogP contribution in [0.5, 0.6) is 0 Å². The van der Waals surface area contributed by atoms with Crippen molar-refractivity contribution in [3.05, 3.63) is 38.9 Å². The van der Waals surface area contributed by atoms with Crippen molar-refractivity contribution in [2.45, 2.75) is 13.8 Å². The van der Waals surface area contributed by atoms with E-state index >= 15 is 0 Å². The second kappa shape index (κ2) is 9.39. The monoisotopic (exact) mass is 407 g/mol. The van der Waals surface area contributed by atoms with Crippen LogP contribution in [0, 0.1) is 10.1 Å². The molecule has 1 amide bonds. The molecule has 1 rings (SSSR count). The van der Waals surface area contributed by atoms with Crippen molar-refractivity contribution in [3.8, 4) is 0 Å². The number of carbonyl (C=O) groups is 2. The van der Waals surface area contributed by atoms with Gasteiger partial charge in [-0.3, -0.25) is 19.5 Å². The van der Waals surface area contributed by atoms with E-state index < -0.39 is 29.8 Å². The predicted octanol–water partition coefficient (Wildman–Crippen LogP) is 2.47. The van der Waals surface area contributed by atoms with E-state index in [0.717, 1.165) is 18.2 Å². The molecule has 0 saturated carbocycles. The summed E-state index contributed by atoms with van der Waals surface area (Å²) in [5, 5.41) is 13.6. The molecule has 0 fully saturated rings. The van der Waals surface area contributed by atoms with E-state index in [1.165, 1.54) is 13.8 Å². The molecule has 2 N–H and O–H groups in total. The number of nitrogens with two attached hydrogens (primary N) is 1. The Morgan fingerprint density at radius 3 is 2.31 bits per heavy atom. The molecule has 0 unspecified atom stereocenters. The average Bonchev–Trinajstić information content (AvgIpc) is 2.54. The van der Waals surface area contributed by atoms with Gasteiger partial charge < -0.3 is 19.6 Å². The number of oxime groups is 1. The Kier molecular flexibility index (Phi) is 7.84. The van der Waals surface area contributed by atoms with E-state index in [-0.39, 0.29) is 29.5 Å². The summed E-state index contributed by atoms with van der Waals surface area (Å²) in [6.07, 6.45) is 0. The molecule has 26 heavy (non-hydrogen) atoms. The highest BCUT2D eigenvalue weighted by molar-refractivity contribution is 7.75. The van der Waals surface area contributed by atoms with Crippen molar-refractivity contribution in [1.29, 1.82) is 0 Å². The first-order valence-corrected chi connectivity index (χ1v) is 9.01. The minimum Gasteiger partial charge on any atom is -0.364 e. The first-order chi connectivity index (χ1) is 12.2. The number of hydrogen-bond acceptors (Lipinski definition) is 9. The van der Waals surface area contributed by atoms with Gasteiger partial charge in [0, 0.05) is 12.1 Å². The topological polar surface area (TPSA) is 160 Å². The number of primary amides is 1. The highest BCUT2D eigenvalue weighted by Gasteiger charge is 2.37. The Morgan fingerprint density at radius 1 is 1.31 bits per heavy atom. The fraction of sp³-hybridized carbons (Fsp3) is 0.308. The Labute approximate surface area is 152 Å². The summed E-state index contributed by atoms with van der Waals surface area (Å²) in [6, 6.07) is 2.99. The predicted molar refractivity (Wildman–Crippen MR) is 91.0 cm³/mol. The van der Waals surface area contributed by atoms with Crippen LogP contribution in [0.4, 0.5) is 5.69 Å². The van der Waals surface area contributed by atoms with E-state index in [9.17, 15) is 24.3 Å². The van der Waals surface area contributed by atoms with Gasteiger partial charge in [0.1, 0.15) is 0 Å². The fourth-order valence-electron chi connectivity index (χ4n) is 1.65. The molecule has 0 aliphatic carbocycles. The van der Waals surface area contributed by atoms with Gasteiger partial charge in [-0.25, -0.2) is 4.79 Å². The summed E-state index contributed by atoms with van der Waals surface area (Å²) in [6.45, 7) is 2.80. The van der Waals surface area contributed by atoms with Gasteiger partial charge in [0.2, 0.25) is 0 Å². The second-order valence-electron chi connectivity index (χ2n) is 4.41. The minimum absolute atomic E-state index is 0.0916. The number of amides is 1. The van der Waals surface area contributed by atoms with Crippen LogP contribution in [0.15, 0.2) is 23.4 Å². The van der Waals surface area contributed by atoms with Gasteiger partial charge in [0.25, 0.3) is 17.0 Å². The van der Waals surface area contributed by atoms with E-state index in [2.05, 4.69) is 9.99 Å². The lowest BCUT2D eigenvalue weighted by atomic mass is 10.2. The van der Waals surface area contributed by atoms with Gasteiger partial charge >= 0.3 is 13.6 Å². The molecule has 0 aliphatic heterocycles. The molecule has 0 heterocycles. The summed E-state index contributed by atoms with van der Waals surface area (Å²) in [5.74, 6) is -2.44. The second-order valence-corrected chi connectivity index (χ2v) is 6.75. The van der Waals surface area contributed by atoms with Gasteiger partial charge in [-0.2, -0.15) is 0 Å². The Morgan fingerprint density at radius 2 is 1.88 bits per heavy atom. The number of benzene rings is 1. The number of nitrogens with zero attached hydrogens (tertiary/aromatic N) is 2. The molecule has 1 aromatic rings. The van der Waals surface area contributed by atoms with Crippen LogP contribution in [0.2, 0.25) is 5.02 Å². The lowest BCUT2D eigenvalue weighted by Crippen LogP contribution is -2.26. The third-order valence-electron chi connectivity index (χ3n) is 2.68. The van der Waals surface area contributed by atoms with E-state index in [4.69, 9.17) is 26.4 Å². The number of carbonyl (C=O) groups excluding carboxylic acids is 2. The van der Waals surface area contributed by atoms with Crippen LogP contribution >= 0.6 is 19.2 Å². The number of nitro groups is 1. The Hall–Kier alpha value is -2.33. The van der Waals surface area contributed by atoms with Crippen LogP contribution < -0.4 is 5.73 Å². The third kappa shape index (κ3) is 5.33. The van der Waals surface area contributed by atoms with Crippen molar-refractivity contribution >= 4 is 42.2 Å². The first-order valence-electron chi connectivity index (χ1n) is 7.09.